The minimum Gasteiger partial charge on any atom is -0.308 e. The van der Waals surface area contributed by atoms with E-state index in [1.165, 1.54) is 133 Å². The van der Waals surface area contributed by atoms with Crippen molar-refractivity contribution in [2.75, 3.05) is 0 Å². The van der Waals surface area contributed by atoms with E-state index in [0.717, 1.165) is 122 Å². The first-order valence-corrected chi connectivity index (χ1v) is 39.4. The van der Waals surface area contributed by atoms with Crippen LogP contribution in [0, 0.1) is 88.5 Å². The van der Waals surface area contributed by atoms with E-state index in [4.69, 9.17) is 25.3 Å². The Morgan fingerprint density at radius 3 is 1.32 bits per heavy atom. The standard InChI is InChI=1S/C103H83IN6/c1-58-43-62(5)98(63(6)44-58)73-35-31-71(32-36-73)94-54-95(72-33-37-74(38-34-72)99-64(7)45-70(57-105)46-65(99)8)108-103(107-94)101-68(11)66(9)100(67(10)69(101)12)78-23-19-22-76(50-78)81-29-20-30-86-83-26-16-18-28-85(83)93(53-92(81)86)87-47-60(3)88(48-59(87)2)96-55-97(110-102(109-96)75-39-41-106-42-40-75)89-52-79(56-104)90(49-61(89)4)91-51-77-21-13-14-24-80(77)82-25-15-17-27-84(82)91/h13-55,57,105H,56H2,1-12H3. The molecule has 3 heterocycles. The van der Waals surface area contributed by atoms with Crippen LogP contribution >= 0.6 is 22.6 Å². The largest absolute Gasteiger partial charge is 0.308 e. The summed E-state index contributed by atoms with van der Waals surface area (Å²) in [7, 11) is 0. The van der Waals surface area contributed by atoms with Gasteiger partial charge in [-0.2, -0.15) is 0 Å². The summed E-state index contributed by atoms with van der Waals surface area (Å²) in [5, 5.41) is 17.8. The van der Waals surface area contributed by atoms with Crippen LogP contribution in [0.5, 0.6) is 0 Å². The molecule has 0 bridgehead atoms. The second-order valence-corrected chi connectivity index (χ2v) is 30.9. The summed E-state index contributed by atoms with van der Waals surface area (Å²) in [5.41, 5.74) is 40.4. The van der Waals surface area contributed by atoms with E-state index in [1.54, 1.807) is 0 Å². The Morgan fingerprint density at radius 2 is 0.727 bits per heavy atom. The van der Waals surface area contributed by atoms with Crippen molar-refractivity contribution in [2.45, 2.75) is 87.5 Å². The van der Waals surface area contributed by atoms with Crippen LogP contribution in [0.2, 0.25) is 0 Å². The fourth-order valence-electron chi connectivity index (χ4n) is 17.6. The number of aryl methyl sites for hydroxylation is 8. The summed E-state index contributed by atoms with van der Waals surface area (Å²) in [5.74, 6) is 1.36. The molecule has 0 atom stereocenters. The molecule has 0 radical (unpaired) electrons. The first kappa shape index (κ1) is 70.8. The summed E-state index contributed by atoms with van der Waals surface area (Å²) in [6, 6.07) is 91.5. The number of alkyl halides is 1. The summed E-state index contributed by atoms with van der Waals surface area (Å²) in [6.45, 7) is 26.6. The van der Waals surface area contributed by atoms with Gasteiger partial charge in [-0.1, -0.05) is 210 Å². The van der Waals surface area contributed by atoms with Crippen LogP contribution in [0.1, 0.15) is 77.9 Å². The lowest BCUT2D eigenvalue weighted by molar-refractivity contribution is 1.14. The quantitative estimate of drug-likeness (QED) is 0.0507. The van der Waals surface area contributed by atoms with Crippen molar-refractivity contribution in [1.29, 1.82) is 5.41 Å². The number of hydrogen-bond donors (Lipinski definition) is 1. The van der Waals surface area contributed by atoms with E-state index < -0.39 is 0 Å². The molecule has 0 fully saturated rings. The lowest BCUT2D eigenvalue weighted by atomic mass is 9.84. The van der Waals surface area contributed by atoms with Gasteiger partial charge in [0.2, 0.25) is 0 Å². The molecular weight excluding hydrogens is 1450 g/mol. The number of fused-ring (bicyclic) bond motifs is 6. The monoisotopic (exact) mass is 1530 g/mol. The number of pyridine rings is 1. The molecule has 110 heavy (non-hydrogen) atoms. The van der Waals surface area contributed by atoms with Crippen LogP contribution in [0.4, 0.5) is 0 Å². The summed E-state index contributed by atoms with van der Waals surface area (Å²) < 4.78 is 0.826. The number of nitrogens with zero attached hydrogens (tertiary/aromatic N) is 5. The predicted octanol–water partition coefficient (Wildman–Crippen LogP) is 27.9. The van der Waals surface area contributed by atoms with Gasteiger partial charge in [0.1, 0.15) is 0 Å². The topological polar surface area (TPSA) is 88.3 Å². The molecular formula is C103H83IN6. The van der Waals surface area contributed by atoms with E-state index in [9.17, 15) is 0 Å². The third kappa shape index (κ3) is 12.7. The molecule has 0 amide bonds. The molecule has 14 aromatic carbocycles. The molecule has 0 saturated heterocycles. The Kier molecular flexibility index (Phi) is 18.5. The van der Waals surface area contributed by atoms with Gasteiger partial charge < -0.3 is 5.41 Å². The molecule has 0 aliphatic heterocycles. The van der Waals surface area contributed by atoms with Crippen molar-refractivity contribution in [3.63, 3.8) is 0 Å². The maximum absolute atomic E-state index is 7.93. The SMILES string of the molecule is Cc1cc(C)c(-c2ccc(-c3cc(-c4ccc(-c5c(C)cc(C=N)cc5C)cc4)nc(-c4c(C)c(C)c(-c5cccc(-c6cccc7c6cc(-c6cc(C)c(-c8cc(-c9cc(CI)c(-c%10cc%11ccccc%11c%11ccccc%10%11)cc9C)nc(-c9ccncc9)n8)cc6C)c6ccccc67)c5)c(C)c4C)n3)cc2)c(C)c1. The fraction of sp³-hybridized carbons (Fsp3) is 0.126. The van der Waals surface area contributed by atoms with Gasteiger partial charge in [0.15, 0.2) is 11.6 Å². The van der Waals surface area contributed by atoms with E-state index in [0.29, 0.717) is 11.6 Å². The molecule has 17 rings (SSSR count). The molecule has 0 aliphatic rings. The number of rotatable bonds is 14. The zero-order valence-corrected chi connectivity index (χ0v) is 66.4. The maximum atomic E-state index is 7.93. The van der Waals surface area contributed by atoms with Crippen molar-refractivity contribution in [3.05, 3.63) is 339 Å². The highest BCUT2D eigenvalue weighted by Gasteiger charge is 2.25. The number of hydrogen-bond acceptors (Lipinski definition) is 6. The van der Waals surface area contributed by atoms with Gasteiger partial charge in [0.05, 0.1) is 22.8 Å². The molecule has 0 saturated carbocycles. The average molecular weight is 1530 g/mol. The molecule has 1 N–H and O–H groups in total. The number of halogens is 1. The van der Waals surface area contributed by atoms with Crippen molar-refractivity contribution >= 4 is 71.9 Å². The Bertz CT molecular complexity index is 6570. The third-order valence-corrected chi connectivity index (χ3v) is 23.8. The van der Waals surface area contributed by atoms with Gasteiger partial charge >= 0.3 is 0 Å². The van der Waals surface area contributed by atoms with Crippen LogP contribution in [0.25, 0.3) is 178 Å². The molecule has 7 heteroatoms. The second-order valence-electron chi connectivity index (χ2n) is 30.1. The fourth-order valence-corrected chi connectivity index (χ4v) is 18.2. The van der Waals surface area contributed by atoms with Crippen LogP contribution in [-0.4, -0.2) is 31.1 Å². The number of aromatic nitrogens is 5. The molecule has 17 aromatic rings. The van der Waals surface area contributed by atoms with Crippen LogP contribution in [-0.2, 0) is 4.43 Å². The van der Waals surface area contributed by atoms with Crippen molar-refractivity contribution in [3.8, 4) is 135 Å². The second kappa shape index (κ2) is 28.8. The molecule has 532 valence electrons. The van der Waals surface area contributed by atoms with Gasteiger partial charge in [0, 0.05) is 56.4 Å². The Morgan fingerprint density at radius 1 is 0.282 bits per heavy atom. The highest BCUT2D eigenvalue weighted by Crippen LogP contribution is 2.47. The van der Waals surface area contributed by atoms with Gasteiger partial charge in [-0.05, 0) is 332 Å². The average Bonchev–Trinajstić information content (AvgIpc) is 0.744. The van der Waals surface area contributed by atoms with Gasteiger partial charge in [-0.15, -0.1) is 0 Å². The highest BCUT2D eigenvalue weighted by atomic mass is 127. The van der Waals surface area contributed by atoms with E-state index in [-0.39, 0.29) is 0 Å². The van der Waals surface area contributed by atoms with E-state index >= 15 is 0 Å². The third-order valence-electron chi connectivity index (χ3n) is 23.0. The molecule has 0 aliphatic carbocycles. The first-order chi connectivity index (χ1) is 53.4. The number of benzene rings is 14. The summed E-state index contributed by atoms with van der Waals surface area (Å²) in [6.07, 6.45) is 5.06. The molecule has 6 nitrogen and oxygen atoms in total. The first-order valence-electron chi connectivity index (χ1n) is 37.9. The van der Waals surface area contributed by atoms with E-state index in [2.05, 4.69) is 347 Å². The van der Waals surface area contributed by atoms with Crippen molar-refractivity contribution in [1.82, 2.24) is 24.9 Å². The Hall–Kier alpha value is -12.2. The molecule has 0 spiro atoms. The Balaban J connectivity index is 0.743. The predicted molar refractivity (Wildman–Crippen MR) is 473 cm³/mol. The minimum atomic E-state index is 0.658. The van der Waals surface area contributed by atoms with Crippen LogP contribution < -0.4 is 0 Å². The lowest BCUT2D eigenvalue weighted by Crippen LogP contribution is -2.04. The van der Waals surface area contributed by atoms with Gasteiger partial charge in [0.25, 0.3) is 0 Å². The van der Waals surface area contributed by atoms with Crippen LogP contribution in [0.15, 0.2) is 261 Å². The Labute approximate surface area is 658 Å². The maximum Gasteiger partial charge on any atom is 0.160 e. The minimum absolute atomic E-state index is 0.658. The normalized spacial score (nSPS) is 11.6. The number of nitrogens with one attached hydrogen (secondary N) is 1. The van der Waals surface area contributed by atoms with Gasteiger partial charge in [-0.3, -0.25) is 4.98 Å². The van der Waals surface area contributed by atoms with Crippen molar-refractivity contribution < 1.29 is 0 Å². The zero-order chi connectivity index (χ0) is 75.9. The highest BCUT2D eigenvalue weighted by molar-refractivity contribution is 14.1. The van der Waals surface area contributed by atoms with Crippen molar-refractivity contribution in [2.24, 2.45) is 0 Å². The molecule has 3 aromatic heterocycles. The summed E-state index contributed by atoms with van der Waals surface area (Å²) in [4.78, 5) is 26.3. The van der Waals surface area contributed by atoms with Crippen LogP contribution in [0.3, 0.4) is 0 Å². The van der Waals surface area contributed by atoms with Gasteiger partial charge in [-0.25, -0.2) is 19.9 Å². The zero-order valence-electron chi connectivity index (χ0n) is 64.2. The summed E-state index contributed by atoms with van der Waals surface area (Å²) >= 11 is 2.53. The molecule has 0 unspecified atom stereocenters. The smallest absolute Gasteiger partial charge is 0.160 e. The lowest BCUT2D eigenvalue weighted by Gasteiger charge is -2.22. The van der Waals surface area contributed by atoms with E-state index in [1.807, 2.05) is 24.5 Å².